The Kier molecular flexibility index (Phi) is 2.73. The fraction of sp³-hybridized carbons (Fsp3) is 0.133. The van der Waals surface area contributed by atoms with Gasteiger partial charge in [-0.3, -0.25) is 4.21 Å². The number of rotatable bonds is 2. The number of nitriles is 1. The molecule has 18 heavy (non-hydrogen) atoms. The van der Waals surface area contributed by atoms with E-state index in [1.807, 2.05) is 42.5 Å². The van der Waals surface area contributed by atoms with Crippen molar-refractivity contribution in [2.75, 3.05) is 5.75 Å². The Hall–Kier alpha value is -1.92. The lowest BCUT2D eigenvalue weighted by Gasteiger charge is -2.10. The first-order chi connectivity index (χ1) is 8.83. The first kappa shape index (κ1) is 11.2. The number of fused-ring (bicyclic) bond motifs is 3. The lowest BCUT2D eigenvalue weighted by atomic mass is 10.1. The summed E-state index contributed by atoms with van der Waals surface area (Å²) in [5, 5.41) is 8.59. The molecule has 1 aliphatic carbocycles. The second-order valence-electron chi connectivity index (χ2n) is 4.24. The second-order valence-corrected chi connectivity index (χ2v) is 5.76. The van der Waals surface area contributed by atoms with Crippen LogP contribution >= 0.6 is 0 Å². The Balaban J connectivity index is 2.21. The monoisotopic (exact) mass is 253 g/mol. The lowest BCUT2D eigenvalue weighted by Crippen LogP contribution is -2.07. The summed E-state index contributed by atoms with van der Waals surface area (Å²) in [6.45, 7) is 0. The Labute approximate surface area is 108 Å². The van der Waals surface area contributed by atoms with Gasteiger partial charge in [-0.25, -0.2) is 0 Å². The molecule has 0 heterocycles. The van der Waals surface area contributed by atoms with Crippen molar-refractivity contribution in [3.8, 4) is 17.2 Å². The van der Waals surface area contributed by atoms with Crippen LogP contribution in [0.2, 0.25) is 0 Å². The minimum Gasteiger partial charge on any atom is -0.258 e. The Morgan fingerprint density at radius 1 is 1.00 bits per heavy atom. The Morgan fingerprint density at radius 3 is 2.00 bits per heavy atom. The first-order valence-corrected chi connectivity index (χ1v) is 7.13. The molecule has 2 nitrogen and oxygen atoms in total. The van der Waals surface area contributed by atoms with Gasteiger partial charge in [-0.2, -0.15) is 5.26 Å². The van der Waals surface area contributed by atoms with Crippen molar-refractivity contribution in [1.82, 2.24) is 0 Å². The van der Waals surface area contributed by atoms with E-state index in [9.17, 15) is 4.21 Å². The largest absolute Gasteiger partial charge is 0.258 e. The van der Waals surface area contributed by atoms with Crippen molar-refractivity contribution >= 4 is 10.8 Å². The molecule has 0 N–H and O–H groups in total. The third-order valence-corrected chi connectivity index (χ3v) is 4.69. The molecule has 2 aromatic carbocycles. The quantitative estimate of drug-likeness (QED) is 0.825. The highest BCUT2D eigenvalue weighted by Crippen LogP contribution is 2.45. The van der Waals surface area contributed by atoms with Gasteiger partial charge in [0.1, 0.15) is 5.75 Å². The summed E-state index contributed by atoms with van der Waals surface area (Å²) in [7, 11) is -1.18. The highest BCUT2D eigenvalue weighted by molar-refractivity contribution is 7.85. The second kappa shape index (κ2) is 4.40. The van der Waals surface area contributed by atoms with Gasteiger partial charge in [0.05, 0.1) is 11.3 Å². The fourth-order valence-electron chi connectivity index (χ4n) is 2.54. The molecular weight excluding hydrogens is 242 g/mol. The van der Waals surface area contributed by atoms with Crippen LogP contribution in [0, 0.1) is 11.3 Å². The fourth-order valence-corrected chi connectivity index (χ4v) is 3.81. The van der Waals surface area contributed by atoms with Crippen LogP contribution in [0.1, 0.15) is 16.4 Å². The summed E-state index contributed by atoms with van der Waals surface area (Å²) in [5.41, 5.74) is 4.44. The van der Waals surface area contributed by atoms with E-state index in [0.29, 0.717) is 0 Å². The highest BCUT2D eigenvalue weighted by Gasteiger charge is 2.31. The molecular formula is C15H11NOS. The zero-order chi connectivity index (χ0) is 12.5. The topological polar surface area (TPSA) is 40.9 Å². The highest BCUT2D eigenvalue weighted by atomic mass is 32.2. The summed E-state index contributed by atoms with van der Waals surface area (Å²) in [6, 6.07) is 18.0. The zero-order valence-electron chi connectivity index (χ0n) is 9.67. The maximum absolute atomic E-state index is 12.3. The average Bonchev–Trinajstić information content (AvgIpc) is 2.73. The maximum atomic E-state index is 12.3. The maximum Gasteiger partial charge on any atom is 0.112 e. The standard InChI is InChI=1S/C15H11NOS/c16-9-10-18(17)15-13-7-3-1-5-11(13)12-6-2-4-8-14(12)15/h1-8,15H,10H2/t18-/m0/s1. The van der Waals surface area contributed by atoms with Crippen molar-refractivity contribution in [1.29, 1.82) is 5.26 Å². The van der Waals surface area contributed by atoms with E-state index in [0.717, 1.165) is 22.3 Å². The molecule has 0 aliphatic heterocycles. The molecule has 2 aromatic rings. The summed E-state index contributed by atoms with van der Waals surface area (Å²) < 4.78 is 12.3. The number of hydrogen-bond acceptors (Lipinski definition) is 2. The molecule has 0 saturated carbocycles. The van der Waals surface area contributed by atoms with Gasteiger partial charge in [0.2, 0.25) is 0 Å². The number of nitrogens with zero attached hydrogens (tertiary/aromatic N) is 1. The van der Waals surface area contributed by atoms with Crippen LogP contribution in [-0.2, 0) is 10.8 Å². The molecule has 3 rings (SSSR count). The van der Waals surface area contributed by atoms with Gasteiger partial charge in [0.15, 0.2) is 0 Å². The van der Waals surface area contributed by atoms with Crippen molar-refractivity contribution in [2.45, 2.75) is 5.25 Å². The number of benzene rings is 2. The molecule has 1 atom stereocenters. The average molecular weight is 253 g/mol. The predicted molar refractivity (Wildman–Crippen MR) is 72.3 cm³/mol. The molecule has 0 aromatic heterocycles. The van der Waals surface area contributed by atoms with Gasteiger partial charge in [-0.15, -0.1) is 0 Å². The molecule has 0 unspecified atom stereocenters. The number of hydrogen-bond donors (Lipinski definition) is 0. The van der Waals surface area contributed by atoms with Crippen LogP contribution in [0.5, 0.6) is 0 Å². The van der Waals surface area contributed by atoms with Crippen LogP contribution in [0.25, 0.3) is 11.1 Å². The van der Waals surface area contributed by atoms with Crippen LogP contribution < -0.4 is 0 Å². The van der Waals surface area contributed by atoms with E-state index in [1.54, 1.807) is 0 Å². The molecule has 0 saturated heterocycles. The van der Waals surface area contributed by atoms with Crippen molar-refractivity contribution in [3.63, 3.8) is 0 Å². The van der Waals surface area contributed by atoms with Crippen LogP contribution in [-0.4, -0.2) is 9.96 Å². The third-order valence-electron chi connectivity index (χ3n) is 3.25. The summed E-state index contributed by atoms with van der Waals surface area (Å²) in [5.74, 6) is 0.0767. The molecule has 0 bridgehead atoms. The normalized spacial score (nSPS) is 14.6. The molecule has 1 aliphatic rings. The third kappa shape index (κ3) is 1.58. The Morgan fingerprint density at radius 2 is 1.50 bits per heavy atom. The summed E-state index contributed by atoms with van der Waals surface area (Å²) in [6.07, 6.45) is 0. The van der Waals surface area contributed by atoms with E-state index in [1.165, 1.54) is 0 Å². The lowest BCUT2D eigenvalue weighted by molar-refractivity contribution is 0.681. The van der Waals surface area contributed by atoms with E-state index in [4.69, 9.17) is 5.26 Å². The van der Waals surface area contributed by atoms with Gasteiger partial charge in [0.25, 0.3) is 0 Å². The van der Waals surface area contributed by atoms with Gasteiger partial charge in [-0.1, -0.05) is 48.5 Å². The van der Waals surface area contributed by atoms with Gasteiger partial charge >= 0.3 is 0 Å². The SMILES string of the molecule is N#CC[S@](=O)C1c2ccccc2-c2ccccc21. The molecule has 0 amide bonds. The van der Waals surface area contributed by atoms with Gasteiger partial charge in [0, 0.05) is 10.8 Å². The smallest absolute Gasteiger partial charge is 0.112 e. The van der Waals surface area contributed by atoms with Gasteiger partial charge in [-0.05, 0) is 22.3 Å². The van der Waals surface area contributed by atoms with Crippen LogP contribution in [0.15, 0.2) is 48.5 Å². The zero-order valence-corrected chi connectivity index (χ0v) is 10.5. The van der Waals surface area contributed by atoms with Crippen molar-refractivity contribution < 1.29 is 4.21 Å². The van der Waals surface area contributed by atoms with Crippen molar-refractivity contribution in [2.24, 2.45) is 0 Å². The molecule has 0 radical (unpaired) electrons. The van der Waals surface area contributed by atoms with Crippen molar-refractivity contribution in [3.05, 3.63) is 59.7 Å². The van der Waals surface area contributed by atoms with Crippen LogP contribution in [0.4, 0.5) is 0 Å². The van der Waals surface area contributed by atoms with Gasteiger partial charge < -0.3 is 0 Å². The molecule has 88 valence electrons. The van der Waals surface area contributed by atoms with E-state index in [-0.39, 0.29) is 11.0 Å². The molecule has 0 fully saturated rings. The van der Waals surface area contributed by atoms with E-state index < -0.39 is 10.8 Å². The van der Waals surface area contributed by atoms with E-state index >= 15 is 0 Å². The molecule has 0 spiro atoms. The van der Waals surface area contributed by atoms with E-state index in [2.05, 4.69) is 12.1 Å². The summed E-state index contributed by atoms with van der Waals surface area (Å²) in [4.78, 5) is 0. The predicted octanol–water partition coefficient (Wildman–Crippen LogP) is 3.03. The first-order valence-electron chi connectivity index (χ1n) is 5.75. The minimum atomic E-state index is -1.18. The van der Waals surface area contributed by atoms with Crippen LogP contribution in [0.3, 0.4) is 0 Å². The summed E-state index contributed by atoms with van der Waals surface area (Å²) >= 11 is 0. The Bertz CT molecular complexity index is 627. The molecule has 3 heteroatoms. The minimum absolute atomic E-state index is 0.0767.